The summed E-state index contributed by atoms with van der Waals surface area (Å²) < 4.78 is 0. The van der Waals surface area contributed by atoms with Gasteiger partial charge in [0.15, 0.2) is 0 Å². The molecule has 0 aliphatic carbocycles. The first-order chi connectivity index (χ1) is 9.10. The van der Waals surface area contributed by atoms with Crippen LogP contribution in [0.1, 0.15) is 0 Å². The fourth-order valence-corrected chi connectivity index (χ4v) is 0.291. The minimum absolute atomic E-state index is 0. The van der Waals surface area contributed by atoms with E-state index in [4.69, 9.17) is 52.3 Å². The van der Waals surface area contributed by atoms with E-state index < -0.39 is 55.8 Å². The van der Waals surface area contributed by atoms with Crippen LogP contribution in [0.15, 0.2) is 0 Å². The van der Waals surface area contributed by atoms with Gasteiger partial charge < -0.3 is 47.3 Å². The van der Waals surface area contributed by atoms with Crippen molar-refractivity contribution in [2.75, 3.05) is 39.6 Å². The maximum Gasteiger partial charge on any atom is 2.00 e. The van der Waals surface area contributed by atoms with Crippen LogP contribution >= 0.6 is 0 Å². The SMILES string of the molecule is O=[N+]([O-])O.[Cu+2].[NH-]C(CO)(CO)CO.[NH-]C(C[O-])(CO)CO. The predicted octanol–water partition coefficient (Wildman–Crippen LogP) is -3.47. The van der Waals surface area contributed by atoms with Gasteiger partial charge in [-0.3, -0.25) is 0 Å². The van der Waals surface area contributed by atoms with Crippen LogP contribution in [0.5, 0.6) is 0 Å². The van der Waals surface area contributed by atoms with E-state index in [1.807, 2.05) is 0 Å². The molecule has 12 nitrogen and oxygen atoms in total. The Morgan fingerprint density at radius 3 is 1.05 bits per heavy atom. The standard InChI is InChI=1S/C4H10NO3.C4H9NO3.Cu.HNO3/c2*5-4(1-6,2-7)3-8;;2-1(3)4/h5-8H,1-3H2;5-7H,1-3H2;;(H,2,3,4)/q-1;-2;+2;. The van der Waals surface area contributed by atoms with Gasteiger partial charge in [0.1, 0.15) is 0 Å². The van der Waals surface area contributed by atoms with Crippen molar-refractivity contribution in [3.63, 3.8) is 0 Å². The summed E-state index contributed by atoms with van der Waals surface area (Å²) >= 11 is 0. The second-order valence-electron chi connectivity index (χ2n) is 3.73. The van der Waals surface area contributed by atoms with E-state index in [2.05, 4.69) is 0 Å². The number of hydrogen-bond acceptors (Lipinski definition) is 8. The maximum atomic E-state index is 9.91. The zero-order chi connectivity index (χ0) is 16.8. The number of aliphatic hydroxyl groups excluding tert-OH is 5. The van der Waals surface area contributed by atoms with Crippen LogP contribution in [-0.2, 0) is 17.1 Å². The molecule has 0 aromatic rings. The smallest absolute Gasteiger partial charge is 0.855 e. The van der Waals surface area contributed by atoms with Crippen molar-refractivity contribution >= 4 is 0 Å². The van der Waals surface area contributed by atoms with Gasteiger partial charge in [-0.1, -0.05) is 11.1 Å². The van der Waals surface area contributed by atoms with Crippen molar-refractivity contribution in [2.45, 2.75) is 11.1 Å². The summed E-state index contributed by atoms with van der Waals surface area (Å²) in [6, 6.07) is 0. The summed E-state index contributed by atoms with van der Waals surface area (Å²) in [5.74, 6) is 0. The molecule has 13 heteroatoms. The Labute approximate surface area is 131 Å². The average Bonchev–Trinajstić information content (AvgIpc) is 2.45. The number of nitrogens with one attached hydrogen (secondary N) is 2. The molecular weight excluding hydrogens is 346 g/mol. The van der Waals surface area contributed by atoms with Gasteiger partial charge in [-0.25, -0.2) is 0 Å². The van der Waals surface area contributed by atoms with Gasteiger partial charge in [-0.15, -0.1) is 16.7 Å². The first-order valence-corrected chi connectivity index (χ1v) is 5.06. The third-order valence-electron chi connectivity index (χ3n) is 1.79. The molecule has 0 rings (SSSR count). The molecule has 0 aromatic heterocycles. The van der Waals surface area contributed by atoms with Crippen molar-refractivity contribution in [1.82, 2.24) is 0 Å². The predicted molar refractivity (Wildman–Crippen MR) is 63.2 cm³/mol. The Morgan fingerprint density at radius 1 is 0.857 bits per heavy atom. The number of aliphatic hydroxyl groups is 5. The van der Waals surface area contributed by atoms with E-state index in [9.17, 15) is 5.11 Å². The van der Waals surface area contributed by atoms with Crippen LogP contribution in [0, 0.1) is 10.1 Å². The van der Waals surface area contributed by atoms with Crippen molar-refractivity contribution in [1.29, 1.82) is 0 Å². The quantitative estimate of drug-likeness (QED) is 0.155. The van der Waals surface area contributed by atoms with E-state index in [0.29, 0.717) is 0 Å². The number of hydrogen-bond donors (Lipinski definition) is 6. The molecule has 0 amide bonds. The molecule has 0 unspecified atom stereocenters. The van der Waals surface area contributed by atoms with Crippen LogP contribution in [-0.4, -0.2) is 86.5 Å². The van der Waals surface area contributed by atoms with Gasteiger partial charge in [0, 0.05) is 33.0 Å². The fourth-order valence-electron chi connectivity index (χ4n) is 0.291. The molecule has 0 aromatic carbocycles. The second kappa shape index (κ2) is 15.8. The minimum atomic E-state index is -1.57. The first kappa shape index (κ1) is 28.5. The van der Waals surface area contributed by atoms with Gasteiger partial charge >= 0.3 is 17.1 Å². The normalized spacial score (nSPS) is 10.3. The summed E-state index contributed by atoms with van der Waals surface area (Å²) in [4.78, 5) is 8.36. The summed E-state index contributed by atoms with van der Waals surface area (Å²) in [6.07, 6.45) is 0. The van der Waals surface area contributed by atoms with E-state index in [1.54, 1.807) is 0 Å². The van der Waals surface area contributed by atoms with Crippen molar-refractivity contribution in [3.8, 4) is 0 Å². The Morgan fingerprint density at radius 2 is 1.05 bits per heavy atom. The molecule has 0 saturated carbocycles. The molecule has 0 aliphatic heterocycles. The summed E-state index contributed by atoms with van der Waals surface area (Å²) in [5.41, 5.74) is 10.7. The summed E-state index contributed by atoms with van der Waals surface area (Å²) in [7, 11) is 0. The van der Waals surface area contributed by atoms with Crippen LogP contribution in [0.25, 0.3) is 11.5 Å². The second-order valence-corrected chi connectivity index (χ2v) is 3.73. The maximum absolute atomic E-state index is 9.91. The molecule has 0 fully saturated rings. The third kappa shape index (κ3) is 19.4. The van der Waals surface area contributed by atoms with Gasteiger partial charge in [-0.2, -0.15) is 0 Å². The van der Waals surface area contributed by atoms with Gasteiger partial charge in [0.2, 0.25) is 0 Å². The molecule has 1 radical (unpaired) electrons. The molecule has 21 heavy (non-hydrogen) atoms. The van der Waals surface area contributed by atoms with Gasteiger partial charge in [0.25, 0.3) is 5.09 Å². The molecule has 133 valence electrons. The summed E-state index contributed by atoms with van der Waals surface area (Å²) in [6.45, 7) is -3.46. The Kier molecular flexibility index (Phi) is 21.5. The van der Waals surface area contributed by atoms with E-state index >= 15 is 0 Å². The Bertz CT molecular complexity index is 201. The van der Waals surface area contributed by atoms with E-state index in [1.165, 1.54) is 0 Å². The Balaban J connectivity index is -0.000000107. The molecule has 0 heterocycles. The first-order valence-electron chi connectivity index (χ1n) is 5.06. The fraction of sp³-hybridized carbons (Fsp3) is 1.00. The van der Waals surface area contributed by atoms with Crippen LogP contribution in [0.3, 0.4) is 0 Å². The van der Waals surface area contributed by atoms with Gasteiger partial charge in [0.05, 0.1) is 0 Å². The average molecular weight is 366 g/mol. The number of rotatable bonds is 6. The molecule has 0 aliphatic rings. The zero-order valence-corrected chi connectivity index (χ0v) is 11.8. The molecule has 0 atom stereocenters. The molecule has 8 N–H and O–H groups in total. The van der Waals surface area contributed by atoms with Crippen LogP contribution in [0.2, 0.25) is 0 Å². The molecule has 0 spiro atoms. The topological polar surface area (TPSA) is 235 Å². The minimum Gasteiger partial charge on any atom is -0.855 e. The van der Waals surface area contributed by atoms with E-state index in [-0.39, 0.29) is 17.1 Å². The van der Waals surface area contributed by atoms with Crippen molar-refractivity contribution < 1.29 is 58.0 Å². The summed E-state index contributed by atoms with van der Waals surface area (Å²) in [5, 5.41) is 64.9. The van der Waals surface area contributed by atoms with Crippen molar-refractivity contribution in [3.05, 3.63) is 21.6 Å². The Hall–Kier alpha value is -0.601. The largest absolute Gasteiger partial charge is 2.00 e. The third-order valence-corrected chi connectivity index (χ3v) is 1.79. The van der Waals surface area contributed by atoms with Gasteiger partial charge in [-0.05, 0) is 0 Å². The number of nitrogens with zero attached hydrogens (tertiary/aromatic N) is 1. The van der Waals surface area contributed by atoms with Crippen molar-refractivity contribution in [2.24, 2.45) is 0 Å². The zero-order valence-electron chi connectivity index (χ0n) is 10.9. The molecule has 0 saturated heterocycles. The van der Waals surface area contributed by atoms with Crippen LogP contribution < -0.4 is 5.11 Å². The molecular formula is C8H20CuN3O9-. The van der Waals surface area contributed by atoms with Crippen LogP contribution in [0.4, 0.5) is 0 Å². The van der Waals surface area contributed by atoms with E-state index in [0.717, 1.165) is 0 Å². The molecule has 0 bridgehead atoms. The monoisotopic (exact) mass is 365 g/mol.